The number of anilines is 1. The van der Waals surface area contributed by atoms with Crippen LogP contribution in [0.5, 0.6) is 0 Å². The summed E-state index contributed by atoms with van der Waals surface area (Å²) in [6.45, 7) is 8.67. The second-order valence-corrected chi connectivity index (χ2v) is 9.70. The maximum atomic E-state index is 12.8. The Labute approximate surface area is 209 Å². The number of carbonyl (C=O) groups excluding carboxylic acids is 2. The molecule has 0 bridgehead atoms. The maximum absolute atomic E-state index is 12.8. The van der Waals surface area contributed by atoms with Crippen molar-refractivity contribution >= 4 is 28.8 Å². The molecule has 36 heavy (non-hydrogen) atoms. The minimum absolute atomic E-state index is 0.0547. The molecule has 0 unspecified atom stereocenters. The maximum Gasteiger partial charge on any atom is 0.318 e. The molecule has 0 aliphatic heterocycles. The topological polar surface area (TPSA) is 136 Å². The summed E-state index contributed by atoms with van der Waals surface area (Å²) in [5.74, 6) is -1.09. The number of aryl methyl sites for hydroxylation is 1. The summed E-state index contributed by atoms with van der Waals surface area (Å²) >= 11 is 0. The summed E-state index contributed by atoms with van der Waals surface area (Å²) < 4.78 is 11.0. The summed E-state index contributed by atoms with van der Waals surface area (Å²) in [6, 6.07) is 6.56. The van der Waals surface area contributed by atoms with Gasteiger partial charge in [-0.1, -0.05) is 26.8 Å². The summed E-state index contributed by atoms with van der Waals surface area (Å²) in [5.41, 5.74) is 3.10. The molecule has 0 fully saturated rings. The third-order valence-electron chi connectivity index (χ3n) is 5.24. The molecule has 1 atom stereocenters. The van der Waals surface area contributed by atoms with E-state index < -0.39 is 17.8 Å². The molecule has 194 valence electrons. The fraction of sp³-hybridized carbons (Fsp3) is 0.462. The predicted molar refractivity (Wildman–Crippen MR) is 135 cm³/mol. The second kappa shape index (κ2) is 12.3. The van der Waals surface area contributed by atoms with Gasteiger partial charge in [0.05, 0.1) is 18.6 Å². The number of hydrogen-bond acceptors (Lipinski definition) is 8. The van der Waals surface area contributed by atoms with Crippen LogP contribution in [0.15, 0.2) is 45.9 Å². The van der Waals surface area contributed by atoms with E-state index >= 15 is 0 Å². The van der Waals surface area contributed by atoms with Crippen LogP contribution in [-0.2, 0) is 32.0 Å². The average Bonchev–Trinajstić information content (AvgIpc) is 3.33. The van der Waals surface area contributed by atoms with E-state index in [0.29, 0.717) is 41.2 Å². The number of rotatable bonds is 12. The first-order chi connectivity index (χ1) is 17.2. The SMILES string of the molecule is CCOC(=O)[C@@H](Cc1ccc2oc(CCCNc3ncc[nH]3)cc(=O)c2c1)C(=O)NOCC(C)(C)C. The summed E-state index contributed by atoms with van der Waals surface area (Å²) in [6.07, 6.45) is 4.79. The zero-order valence-corrected chi connectivity index (χ0v) is 21.2. The number of H-pyrrole nitrogens is 1. The third-order valence-corrected chi connectivity index (χ3v) is 5.24. The number of imidazole rings is 1. The first-order valence-corrected chi connectivity index (χ1v) is 12.0. The van der Waals surface area contributed by atoms with Gasteiger partial charge in [0.1, 0.15) is 17.3 Å². The molecule has 2 heterocycles. The quantitative estimate of drug-likeness (QED) is 0.150. The van der Waals surface area contributed by atoms with Crippen LogP contribution in [0.3, 0.4) is 0 Å². The van der Waals surface area contributed by atoms with Crippen LogP contribution in [-0.4, -0.2) is 41.6 Å². The molecule has 0 spiro atoms. The van der Waals surface area contributed by atoms with Gasteiger partial charge in [-0.05, 0) is 42.9 Å². The van der Waals surface area contributed by atoms with Crippen LogP contribution in [0.2, 0.25) is 0 Å². The van der Waals surface area contributed by atoms with E-state index in [1.54, 1.807) is 37.5 Å². The molecule has 3 aromatic rings. The first-order valence-electron chi connectivity index (χ1n) is 12.0. The molecule has 0 aliphatic carbocycles. The predicted octanol–water partition coefficient (Wildman–Crippen LogP) is 3.38. The lowest BCUT2D eigenvalue weighted by atomic mass is 9.97. The van der Waals surface area contributed by atoms with Crippen molar-refractivity contribution in [1.82, 2.24) is 15.4 Å². The zero-order valence-electron chi connectivity index (χ0n) is 21.2. The smallest absolute Gasteiger partial charge is 0.318 e. The summed E-state index contributed by atoms with van der Waals surface area (Å²) in [7, 11) is 0. The van der Waals surface area contributed by atoms with Crippen molar-refractivity contribution in [2.24, 2.45) is 11.3 Å². The van der Waals surface area contributed by atoms with E-state index in [-0.39, 0.29) is 30.5 Å². The van der Waals surface area contributed by atoms with Gasteiger partial charge in [-0.2, -0.15) is 0 Å². The Balaban J connectivity index is 1.68. The zero-order chi connectivity index (χ0) is 26.1. The number of aromatic amines is 1. The Hall–Kier alpha value is -3.66. The van der Waals surface area contributed by atoms with Gasteiger partial charge >= 0.3 is 5.97 Å². The van der Waals surface area contributed by atoms with Crippen molar-refractivity contribution < 1.29 is 23.6 Å². The van der Waals surface area contributed by atoms with Crippen molar-refractivity contribution in [3.63, 3.8) is 0 Å². The monoisotopic (exact) mass is 498 g/mol. The number of aromatic nitrogens is 2. The van der Waals surface area contributed by atoms with Gasteiger partial charge in [0, 0.05) is 31.4 Å². The highest BCUT2D eigenvalue weighted by Crippen LogP contribution is 2.19. The van der Waals surface area contributed by atoms with Crippen LogP contribution in [0.4, 0.5) is 5.95 Å². The molecular weight excluding hydrogens is 464 g/mol. The standard InChI is InChI=1S/C26H34N4O6/c1-5-34-24(33)20(23(32)30-35-16-26(2,3)4)14-17-8-9-22-19(13-17)21(31)15-18(36-22)7-6-10-27-25-28-11-12-29-25/h8-9,11-13,15,20H,5-7,10,14,16H2,1-4H3,(H,30,32)(H2,27,28,29)/t20-/m0/s1. The Morgan fingerprint density at radius 3 is 2.72 bits per heavy atom. The van der Waals surface area contributed by atoms with Crippen LogP contribution in [0, 0.1) is 11.3 Å². The Morgan fingerprint density at radius 1 is 1.22 bits per heavy atom. The van der Waals surface area contributed by atoms with E-state index in [1.165, 1.54) is 6.07 Å². The lowest BCUT2D eigenvalue weighted by Crippen LogP contribution is -2.39. The molecule has 1 amide bonds. The molecule has 1 aromatic carbocycles. The number of benzene rings is 1. The Kier molecular flexibility index (Phi) is 9.24. The van der Waals surface area contributed by atoms with Crippen molar-refractivity contribution in [3.8, 4) is 0 Å². The normalized spacial score (nSPS) is 12.3. The van der Waals surface area contributed by atoms with E-state index in [2.05, 4.69) is 20.8 Å². The van der Waals surface area contributed by atoms with Gasteiger partial charge in [-0.15, -0.1) is 0 Å². The molecule has 0 saturated heterocycles. The van der Waals surface area contributed by atoms with Crippen LogP contribution in [0.25, 0.3) is 11.0 Å². The van der Waals surface area contributed by atoms with Gasteiger partial charge in [-0.3, -0.25) is 19.2 Å². The Bertz CT molecular complexity index is 1210. The van der Waals surface area contributed by atoms with Gasteiger partial charge in [0.25, 0.3) is 5.91 Å². The molecule has 0 radical (unpaired) electrons. The molecule has 10 heteroatoms. The van der Waals surface area contributed by atoms with Gasteiger partial charge < -0.3 is 19.5 Å². The van der Waals surface area contributed by atoms with Crippen LogP contribution >= 0.6 is 0 Å². The fourth-order valence-electron chi connectivity index (χ4n) is 3.49. The number of hydroxylamine groups is 1. The van der Waals surface area contributed by atoms with Crippen molar-refractivity contribution in [2.75, 3.05) is 25.1 Å². The summed E-state index contributed by atoms with van der Waals surface area (Å²) in [4.78, 5) is 50.3. The molecule has 0 saturated carbocycles. The highest BCUT2D eigenvalue weighted by atomic mass is 16.7. The number of nitrogens with one attached hydrogen (secondary N) is 3. The largest absolute Gasteiger partial charge is 0.465 e. The second-order valence-electron chi connectivity index (χ2n) is 9.70. The minimum Gasteiger partial charge on any atom is -0.465 e. The molecule has 3 N–H and O–H groups in total. The highest BCUT2D eigenvalue weighted by molar-refractivity contribution is 5.97. The van der Waals surface area contributed by atoms with E-state index in [0.717, 1.165) is 6.42 Å². The van der Waals surface area contributed by atoms with Gasteiger partial charge in [-0.25, -0.2) is 10.5 Å². The number of esters is 1. The van der Waals surface area contributed by atoms with E-state index in [4.69, 9.17) is 14.0 Å². The molecule has 0 aliphatic rings. The van der Waals surface area contributed by atoms with Gasteiger partial charge in [0.2, 0.25) is 0 Å². The average molecular weight is 499 g/mol. The molecular formula is C26H34N4O6. The van der Waals surface area contributed by atoms with Crippen LogP contribution < -0.4 is 16.2 Å². The fourth-order valence-corrected chi connectivity index (χ4v) is 3.49. The number of fused-ring (bicyclic) bond motifs is 1. The minimum atomic E-state index is -1.12. The highest BCUT2D eigenvalue weighted by Gasteiger charge is 2.29. The van der Waals surface area contributed by atoms with Crippen LogP contribution in [0.1, 0.15) is 45.4 Å². The number of carbonyl (C=O) groups is 2. The first kappa shape index (κ1) is 26.9. The lowest BCUT2D eigenvalue weighted by molar-refractivity contribution is -0.157. The number of amides is 1. The van der Waals surface area contributed by atoms with Crippen molar-refractivity contribution in [3.05, 3.63) is 58.2 Å². The number of ether oxygens (including phenoxy) is 1. The third kappa shape index (κ3) is 7.94. The summed E-state index contributed by atoms with van der Waals surface area (Å²) in [5, 5.41) is 3.54. The number of nitrogens with zero attached hydrogens (tertiary/aromatic N) is 1. The molecule has 3 rings (SSSR count). The number of hydrogen-bond donors (Lipinski definition) is 3. The van der Waals surface area contributed by atoms with E-state index in [1.807, 2.05) is 20.8 Å². The van der Waals surface area contributed by atoms with E-state index in [9.17, 15) is 14.4 Å². The molecule has 2 aromatic heterocycles. The Morgan fingerprint density at radius 2 is 2.03 bits per heavy atom. The lowest BCUT2D eigenvalue weighted by Gasteiger charge is -2.20. The van der Waals surface area contributed by atoms with Crippen molar-refractivity contribution in [2.45, 2.75) is 47.0 Å². The molecule has 10 nitrogen and oxygen atoms in total. The van der Waals surface area contributed by atoms with Crippen molar-refractivity contribution in [1.29, 1.82) is 0 Å². The van der Waals surface area contributed by atoms with Gasteiger partial charge in [0.15, 0.2) is 11.4 Å².